The Morgan fingerprint density at radius 2 is 1.40 bits per heavy atom. The van der Waals surface area contributed by atoms with Gasteiger partial charge in [0.15, 0.2) is 23.3 Å². The maximum absolute atomic E-state index is 13.6. The smallest absolute Gasteiger partial charge is 0.325 e. The standard InChI is InChI=1S/C16H18F5NO3/c1-3-4-5-6-7-25-9(23)8-22(2)16(24)10-11(17)13(19)15(21)14(20)12(10)18/h3-8H2,1-2H3. The molecule has 0 bridgehead atoms. The minimum Gasteiger partial charge on any atom is -0.464 e. The molecule has 1 aromatic carbocycles. The van der Waals surface area contributed by atoms with Gasteiger partial charge in [0.1, 0.15) is 12.1 Å². The van der Waals surface area contributed by atoms with Crippen molar-refractivity contribution in [1.82, 2.24) is 4.90 Å². The molecule has 0 fully saturated rings. The average Bonchev–Trinajstić information content (AvgIpc) is 2.58. The fourth-order valence-corrected chi connectivity index (χ4v) is 2.01. The van der Waals surface area contributed by atoms with Gasteiger partial charge in [-0.25, -0.2) is 22.0 Å². The van der Waals surface area contributed by atoms with Crippen molar-refractivity contribution >= 4 is 11.9 Å². The van der Waals surface area contributed by atoms with E-state index in [2.05, 4.69) is 0 Å². The van der Waals surface area contributed by atoms with Gasteiger partial charge in [-0.3, -0.25) is 9.59 Å². The maximum Gasteiger partial charge on any atom is 0.325 e. The van der Waals surface area contributed by atoms with Crippen LogP contribution in [0.5, 0.6) is 0 Å². The van der Waals surface area contributed by atoms with Crippen LogP contribution in [0.1, 0.15) is 43.0 Å². The molecule has 0 spiro atoms. The molecule has 1 amide bonds. The van der Waals surface area contributed by atoms with Crippen molar-refractivity contribution < 1.29 is 36.3 Å². The zero-order valence-corrected chi connectivity index (χ0v) is 13.8. The van der Waals surface area contributed by atoms with Crippen LogP contribution in [0.4, 0.5) is 22.0 Å². The minimum absolute atomic E-state index is 0.114. The third-order valence-electron chi connectivity index (χ3n) is 3.40. The number of hydrogen-bond acceptors (Lipinski definition) is 3. The lowest BCUT2D eigenvalue weighted by Crippen LogP contribution is -2.34. The zero-order chi connectivity index (χ0) is 19.1. The number of halogens is 5. The highest BCUT2D eigenvalue weighted by molar-refractivity contribution is 5.96. The van der Waals surface area contributed by atoms with Gasteiger partial charge in [0.05, 0.1) is 6.61 Å². The van der Waals surface area contributed by atoms with Gasteiger partial charge in [0, 0.05) is 7.05 Å². The van der Waals surface area contributed by atoms with Crippen LogP contribution in [-0.4, -0.2) is 37.0 Å². The predicted molar refractivity (Wildman–Crippen MR) is 78.3 cm³/mol. The Hall–Kier alpha value is -2.19. The van der Waals surface area contributed by atoms with E-state index >= 15 is 0 Å². The lowest BCUT2D eigenvalue weighted by Gasteiger charge is -2.17. The number of benzene rings is 1. The van der Waals surface area contributed by atoms with Gasteiger partial charge in [0.2, 0.25) is 5.82 Å². The first-order valence-corrected chi connectivity index (χ1v) is 7.64. The number of likely N-dealkylation sites (N-methyl/N-ethyl adjacent to an activating group) is 1. The van der Waals surface area contributed by atoms with Crippen molar-refractivity contribution in [3.8, 4) is 0 Å². The first-order valence-electron chi connectivity index (χ1n) is 7.64. The van der Waals surface area contributed by atoms with Crippen LogP contribution >= 0.6 is 0 Å². The topological polar surface area (TPSA) is 46.6 Å². The second-order valence-corrected chi connectivity index (χ2v) is 5.39. The van der Waals surface area contributed by atoms with Gasteiger partial charge in [-0.1, -0.05) is 26.2 Å². The molecular weight excluding hydrogens is 349 g/mol. The second kappa shape index (κ2) is 9.33. The molecular formula is C16H18F5NO3. The van der Waals surface area contributed by atoms with Crippen molar-refractivity contribution in [2.24, 2.45) is 0 Å². The van der Waals surface area contributed by atoms with Crippen molar-refractivity contribution in [3.05, 3.63) is 34.6 Å². The number of esters is 1. The molecule has 0 radical (unpaired) electrons. The first kappa shape index (κ1) is 20.9. The van der Waals surface area contributed by atoms with Crippen LogP contribution in [0.25, 0.3) is 0 Å². The van der Waals surface area contributed by atoms with Gasteiger partial charge in [0.25, 0.3) is 5.91 Å². The SMILES string of the molecule is CCCCCCOC(=O)CN(C)C(=O)c1c(F)c(F)c(F)c(F)c1F. The molecule has 0 saturated heterocycles. The zero-order valence-electron chi connectivity index (χ0n) is 13.8. The largest absolute Gasteiger partial charge is 0.464 e. The van der Waals surface area contributed by atoms with Crippen LogP contribution in [0, 0.1) is 29.1 Å². The quantitative estimate of drug-likeness (QED) is 0.232. The second-order valence-electron chi connectivity index (χ2n) is 5.39. The summed E-state index contributed by atoms with van der Waals surface area (Å²) in [4.78, 5) is 24.0. The molecule has 0 aliphatic carbocycles. The van der Waals surface area contributed by atoms with E-state index in [-0.39, 0.29) is 6.61 Å². The van der Waals surface area contributed by atoms with Crippen LogP contribution < -0.4 is 0 Å². The van der Waals surface area contributed by atoms with E-state index in [4.69, 9.17) is 4.74 Å². The Balaban J connectivity index is 2.76. The third-order valence-corrected chi connectivity index (χ3v) is 3.40. The highest BCUT2D eigenvalue weighted by Gasteiger charge is 2.31. The van der Waals surface area contributed by atoms with E-state index in [0.29, 0.717) is 11.3 Å². The molecule has 1 rings (SSSR count). The molecule has 0 heterocycles. The van der Waals surface area contributed by atoms with Crippen LogP contribution in [0.15, 0.2) is 0 Å². The summed E-state index contributed by atoms with van der Waals surface area (Å²) in [5.41, 5.74) is -1.62. The summed E-state index contributed by atoms with van der Waals surface area (Å²) in [7, 11) is 0.985. The number of amides is 1. The number of hydrogen-bond donors (Lipinski definition) is 0. The number of unbranched alkanes of at least 4 members (excludes halogenated alkanes) is 3. The lowest BCUT2D eigenvalue weighted by atomic mass is 10.1. The van der Waals surface area contributed by atoms with E-state index in [1.54, 1.807) is 0 Å². The van der Waals surface area contributed by atoms with Gasteiger partial charge in [-0.15, -0.1) is 0 Å². The van der Waals surface area contributed by atoms with E-state index in [9.17, 15) is 31.5 Å². The van der Waals surface area contributed by atoms with E-state index in [1.807, 2.05) is 6.92 Å². The Kier molecular flexibility index (Phi) is 7.79. The molecule has 0 aromatic heterocycles. The average molecular weight is 367 g/mol. The summed E-state index contributed by atoms with van der Waals surface area (Å²) in [6.45, 7) is 1.43. The number of nitrogens with zero attached hydrogens (tertiary/aromatic N) is 1. The molecule has 0 unspecified atom stereocenters. The lowest BCUT2D eigenvalue weighted by molar-refractivity contribution is -0.144. The molecule has 25 heavy (non-hydrogen) atoms. The van der Waals surface area contributed by atoms with Crippen LogP contribution in [-0.2, 0) is 9.53 Å². The molecule has 0 N–H and O–H groups in total. The molecule has 1 aromatic rings. The Labute approximate surface area is 141 Å². The molecule has 0 saturated carbocycles. The summed E-state index contributed by atoms with van der Waals surface area (Å²) >= 11 is 0. The van der Waals surface area contributed by atoms with Gasteiger partial charge >= 0.3 is 5.97 Å². The van der Waals surface area contributed by atoms with Crippen molar-refractivity contribution in [1.29, 1.82) is 0 Å². The number of carbonyl (C=O) groups is 2. The minimum atomic E-state index is -2.36. The summed E-state index contributed by atoms with van der Waals surface area (Å²) in [5, 5.41) is 0. The van der Waals surface area contributed by atoms with E-state index < -0.39 is 53.1 Å². The van der Waals surface area contributed by atoms with Gasteiger partial charge < -0.3 is 9.64 Å². The third kappa shape index (κ3) is 5.14. The van der Waals surface area contributed by atoms with Gasteiger partial charge in [-0.05, 0) is 6.42 Å². The molecule has 9 heteroatoms. The maximum atomic E-state index is 13.6. The highest BCUT2D eigenvalue weighted by Crippen LogP contribution is 2.23. The summed E-state index contributed by atoms with van der Waals surface area (Å²) in [5.74, 6) is -13.7. The van der Waals surface area contributed by atoms with Crippen LogP contribution in [0.2, 0.25) is 0 Å². The monoisotopic (exact) mass is 367 g/mol. The van der Waals surface area contributed by atoms with Crippen molar-refractivity contribution in [2.75, 3.05) is 20.2 Å². The van der Waals surface area contributed by atoms with E-state index in [0.717, 1.165) is 26.3 Å². The van der Waals surface area contributed by atoms with Crippen molar-refractivity contribution in [2.45, 2.75) is 32.6 Å². The Morgan fingerprint density at radius 1 is 0.880 bits per heavy atom. The van der Waals surface area contributed by atoms with Gasteiger partial charge in [-0.2, -0.15) is 0 Å². The molecule has 4 nitrogen and oxygen atoms in total. The molecule has 0 atom stereocenters. The summed E-state index contributed by atoms with van der Waals surface area (Å²) in [6.07, 6.45) is 3.43. The highest BCUT2D eigenvalue weighted by atomic mass is 19.2. The fraction of sp³-hybridized carbons (Fsp3) is 0.500. The molecule has 0 aliphatic heterocycles. The number of rotatable bonds is 8. The Morgan fingerprint density at radius 3 is 1.92 bits per heavy atom. The predicted octanol–water partition coefficient (Wildman–Crippen LogP) is 3.58. The fourth-order valence-electron chi connectivity index (χ4n) is 2.01. The van der Waals surface area contributed by atoms with Crippen molar-refractivity contribution in [3.63, 3.8) is 0 Å². The van der Waals surface area contributed by atoms with E-state index in [1.165, 1.54) is 0 Å². The van der Waals surface area contributed by atoms with Crippen LogP contribution in [0.3, 0.4) is 0 Å². The summed E-state index contributed by atoms with van der Waals surface area (Å²) in [6, 6.07) is 0. The number of ether oxygens (including phenoxy) is 1. The molecule has 140 valence electrons. The Bertz CT molecular complexity index is 622. The number of carbonyl (C=O) groups excluding carboxylic acids is 2. The first-order chi connectivity index (χ1) is 11.7. The normalized spacial score (nSPS) is 10.7. The molecule has 0 aliphatic rings. The summed E-state index contributed by atoms with van der Waals surface area (Å²) < 4.78 is 71.3.